The predicted octanol–water partition coefficient (Wildman–Crippen LogP) is 3.57. The summed E-state index contributed by atoms with van der Waals surface area (Å²) in [6.07, 6.45) is 0. The molecule has 0 fully saturated rings. The highest BCUT2D eigenvalue weighted by Crippen LogP contribution is 2.37. The molecule has 0 unspecified atom stereocenters. The Balaban J connectivity index is 1.97. The topological polar surface area (TPSA) is 108 Å². The number of nitrogens with one attached hydrogen (secondary N) is 1. The lowest BCUT2D eigenvalue weighted by atomic mass is 10.1. The van der Waals surface area contributed by atoms with Gasteiger partial charge in [0.15, 0.2) is 18.1 Å². The first-order valence-electron chi connectivity index (χ1n) is 9.19. The molecule has 3 aromatic rings. The smallest absolute Gasteiger partial charge is 0.258 e. The summed E-state index contributed by atoms with van der Waals surface area (Å²) in [5, 5.41) is 2.97. The number of ether oxygens (including phenoxy) is 2. The number of amides is 2. The van der Waals surface area contributed by atoms with Crippen molar-refractivity contribution in [3.63, 3.8) is 0 Å². The number of methoxy groups -OCH3 is 1. The van der Waals surface area contributed by atoms with Crippen molar-refractivity contribution in [2.75, 3.05) is 19.0 Å². The molecule has 0 spiro atoms. The summed E-state index contributed by atoms with van der Waals surface area (Å²) in [4.78, 5) is 28.5. The summed E-state index contributed by atoms with van der Waals surface area (Å²) in [6.45, 7) is 5.72. The number of primary amides is 1. The summed E-state index contributed by atoms with van der Waals surface area (Å²) in [5.74, 6) is -0.319. The standard InChI is InChI=1S/C21H23ClN4O4/c1-21(2,3)26-15-8-6-5-7-14(15)24-20(26)25-19(28)12-9-13(22)18(16(10-12)29-4)30-11-17(23)27/h5-10H,11H2,1-4H3,(H2,23,27)(H,24,25,28). The van der Waals surface area contributed by atoms with E-state index in [4.69, 9.17) is 26.8 Å². The van der Waals surface area contributed by atoms with E-state index in [1.165, 1.54) is 19.2 Å². The molecule has 0 aliphatic carbocycles. The van der Waals surface area contributed by atoms with Crippen molar-refractivity contribution in [1.29, 1.82) is 0 Å². The Morgan fingerprint density at radius 3 is 2.57 bits per heavy atom. The zero-order valence-corrected chi connectivity index (χ0v) is 17.9. The largest absolute Gasteiger partial charge is 0.493 e. The second-order valence-electron chi connectivity index (χ2n) is 7.63. The van der Waals surface area contributed by atoms with Crippen LogP contribution in [0, 0.1) is 0 Å². The van der Waals surface area contributed by atoms with E-state index < -0.39 is 11.8 Å². The van der Waals surface area contributed by atoms with E-state index in [0.717, 1.165) is 11.0 Å². The maximum absolute atomic E-state index is 13.0. The van der Waals surface area contributed by atoms with Crippen LogP contribution >= 0.6 is 11.6 Å². The van der Waals surface area contributed by atoms with Crippen LogP contribution in [0.25, 0.3) is 11.0 Å². The Labute approximate surface area is 178 Å². The molecule has 1 heterocycles. The number of rotatable bonds is 6. The van der Waals surface area contributed by atoms with Crippen LogP contribution in [-0.4, -0.2) is 35.1 Å². The molecule has 9 heteroatoms. The highest BCUT2D eigenvalue weighted by atomic mass is 35.5. The number of carbonyl (C=O) groups excluding carboxylic acids is 2. The third-order valence-electron chi connectivity index (χ3n) is 4.31. The minimum Gasteiger partial charge on any atom is -0.493 e. The van der Waals surface area contributed by atoms with Crippen LogP contribution in [0.5, 0.6) is 11.5 Å². The quantitative estimate of drug-likeness (QED) is 0.621. The molecule has 3 rings (SSSR count). The lowest BCUT2D eigenvalue weighted by molar-refractivity contribution is -0.119. The number of benzene rings is 2. The van der Waals surface area contributed by atoms with Crippen molar-refractivity contribution >= 4 is 40.4 Å². The van der Waals surface area contributed by atoms with Gasteiger partial charge in [-0.3, -0.25) is 14.9 Å². The number of aromatic nitrogens is 2. The zero-order valence-electron chi connectivity index (χ0n) is 17.2. The normalized spacial score (nSPS) is 11.4. The minimum atomic E-state index is -0.656. The monoisotopic (exact) mass is 430 g/mol. The molecular formula is C21H23ClN4O4. The molecule has 0 bridgehead atoms. The number of hydrogen-bond donors (Lipinski definition) is 2. The fourth-order valence-corrected chi connectivity index (χ4v) is 3.36. The summed E-state index contributed by atoms with van der Waals surface area (Å²) in [7, 11) is 1.41. The molecule has 1 aromatic heterocycles. The predicted molar refractivity (Wildman–Crippen MR) is 115 cm³/mol. The SMILES string of the molecule is COc1cc(C(=O)Nc2nc3ccccc3n2C(C)(C)C)cc(Cl)c1OCC(N)=O. The van der Waals surface area contributed by atoms with Gasteiger partial charge in [0.2, 0.25) is 5.95 Å². The van der Waals surface area contributed by atoms with Crippen molar-refractivity contribution in [3.05, 3.63) is 47.0 Å². The molecule has 2 amide bonds. The van der Waals surface area contributed by atoms with E-state index in [9.17, 15) is 9.59 Å². The van der Waals surface area contributed by atoms with Gasteiger partial charge in [0, 0.05) is 11.1 Å². The van der Waals surface area contributed by atoms with Gasteiger partial charge in [-0.25, -0.2) is 4.98 Å². The van der Waals surface area contributed by atoms with Gasteiger partial charge in [-0.2, -0.15) is 0 Å². The number of imidazole rings is 1. The van der Waals surface area contributed by atoms with Crippen LogP contribution in [0.3, 0.4) is 0 Å². The van der Waals surface area contributed by atoms with Crippen molar-refractivity contribution in [2.45, 2.75) is 26.3 Å². The summed E-state index contributed by atoms with van der Waals surface area (Å²) >= 11 is 6.25. The second kappa shape index (κ2) is 8.23. The highest BCUT2D eigenvalue weighted by Gasteiger charge is 2.24. The fraction of sp³-hybridized carbons (Fsp3) is 0.286. The van der Waals surface area contributed by atoms with Gasteiger partial charge in [-0.05, 0) is 45.0 Å². The Morgan fingerprint density at radius 2 is 1.93 bits per heavy atom. The van der Waals surface area contributed by atoms with E-state index in [-0.39, 0.29) is 34.2 Å². The summed E-state index contributed by atoms with van der Waals surface area (Å²) in [5.41, 5.74) is 6.71. The van der Waals surface area contributed by atoms with Gasteiger partial charge in [-0.1, -0.05) is 23.7 Å². The lowest BCUT2D eigenvalue weighted by Crippen LogP contribution is -2.26. The summed E-state index contributed by atoms with van der Waals surface area (Å²) in [6, 6.07) is 10.6. The van der Waals surface area contributed by atoms with Gasteiger partial charge < -0.3 is 19.8 Å². The van der Waals surface area contributed by atoms with Crippen molar-refractivity contribution in [3.8, 4) is 11.5 Å². The number of anilines is 1. The summed E-state index contributed by atoms with van der Waals surface area (Å²) < 4.78 is 12.5. The molecule has 3 N–H and O–H groups in total. The fourth-order valence-electron chi connectivity index (χ4n) is 3.10. The van der Waals surface area contributed by atoms with Crippen LogP contribution in [0.2, 0.25) is 5.02 Å². The first-order valence-corrected chi connectivity index (χ1v) is 9.57. The molecule has 2 aromatic carbocycles. The maximum Gasteiger partial charge on any atom is 0.258 e. The molecular weight excluding hydrogens is 408 g/mol. The first-order chi connectivity index (χ1) is 14.1. The number of halogens is 1. The Hall–Kier alpha value is -3.26. The number of hydrogen-bond acceptors (Lipinski definition) is 5. The van der Waals surface area contributed by atoms with E-state index in [1.807, 2.05) is 49.6 Å². The number of nitrogens with two attached hydrogens (primary N) is 1. The van der Waals surface area contributed by atoms with Crippen molar-refractivity contribution < 1.29 is 19.1 Å². The third-order valence-corrected chi connectivity index (χ3v) is 4.59. The van der Waals surface area contributed by atoms with Gasteiger partial charge in [0.05, 0.1) is 23.2 Å². The van der Waals surface area contributed by atoms with Crippen LogP contribution in [0.4, 0.5) is 5.95 Å². The molecule has 0 saturated heterocycles. The molecule has 0 atom stereocenters. The number of para-hydroxylation sites is 2. The number of fused-ring (bicyclic) bond motifs is 1. The lowest BCUT2D eigenvalue weighted by Gasteiger charge is -2.24. The van der Waals surface area contributed by atoms with Gasteiger partial charge >= 0.3 is 0 Å². The Kier molecular flexibility index (Phi) is 5.89. The van der Waals surface area contributed by atoms with E-state index in [0.29, 0.717) is 5.95 Å². The van der Waals surface area contributed by atoms with E-state index in [1.54, 1.807) is 0 Å². The van der Waals surface area contributed by atoms with Crippen LogP contribution in [0.1, 0.15) is 31.1 Å². The third kappa shape index (κ3) is 4.33. The Morgan fingerprint density at radius 1 is 1.23 bits per heavy atom. The van der Waals surface area contributed by atoms with Crippen molar-refractivity contribution in [2.24, 2.45) is 5.73 Å². The van der Waals surface area contributed by atoms with E-state index >= 15 is 0 Å². The second-order valence-corrected chi connectivity index (χ2v) is 8.04. The molecule has 0 saturated carbocycles. The van der Waals surface area contributed by atoms with Gasteiger partial charge in [0.1, 0.15) is 0 Å². The molecule has 8 nitrogen and oxygen atoms in total. The molecule has 30 heavy (non-hydrogen) atoms. The van der Waals surface area contributed by atoms with E-state index in [2.05, 4.69) is 10.3 Å². The maximum atomic E-state index is 13.0. The molecule has 0 radical (unpaired) electrons. The molecule has 0 aliphatic heterocycles. The Bertz CT molecular complexity index is 1120. The van der Waals surface area contributed by atoms with Crippen LogP contribution in [-0.2, 0) is 10.3 Å². The zero-order chi connectivity index (χ0) is 22.1. The highest BCUT2D eigenvalue weighted by molar-refractivity contribution is 6.32. The average Bonchev–Trinajstić information content (AvgIpc) is 3.04. The van der Waals surface area contributed by atoms with Gasteiger partial charge in [-0.15, -0.1) is 0 Å². The van der Waals surface area contributed by atoms with Crippen molar-refractivity contribution in [1.82, 2.24) is 9.55 Å². The van der Waals surface area contributed by atoms with Crippen LogP contribution < -0.4 is 20.5 Å². The van der Waals surface area contributed by atoms with Gasteiger partial charge in [0.25, 0.3) is 11.8 Å². The van der Waals surface area contributed by atoms with Crippen LogP contribution in [0.15, 0.2) is 36.4 Å². The molecule has 158 valence electrons. The number of nitrogens with zero attached hydrogens (tertiary/aromatic N) is 2. The average molecular weight is 431 g/mol. The number of carbonyl (C=O) groups is 2. The molecule has 0 aliphatic rings. The first kappa shape index (κ1) is 21.4. The minimum absolute atomic E-state index is 0.116.